The van der Waals surface area contributed by atoms with Crippen molar-refractivity contribution >= 4 is 11.3 Å². The fourth-order valence-electron chi connectivity index (χ4n) is 2.43. The van der Waals surface area contributed by atoms with E-state index in [2.05, 4.69) is 11.9 Å². The zero-order valence-electron chi connectivity index (χ0n) is 10.3. The van der Waals surface area contributed by atoms with E-state index in [0.29, 0.717) is 40.9 Å². The molecule has 1 aromatic heterocycles. The Labute approximate surface area is 108 Å². The molecule has 3 atom stereocenters. The van der Waals surface area contributed by atoms with E-state index in [1.165, 1.54) is 6.20 Å². The Hall–Kier alpha value is -0.620. The fraction of sp³-hybridized carbons (Fsp3) is 0.750. The van der Waals surface area contributed by atoms with Gasteiger partial charge in [-0.05, 0) is 31.1 Å². The van der Waals surface area contributed by atoms with Gasteiger partial charge in [0.15, 0.2) is 5.01 Å². The Morgan fingerprint density at radius 2 is 2.06 bits per heavy atom. The SMILES string of the molecule is CC1CCC(O)(c2cnc(C(F)(F)F)s2)CC1C. The van der Waals surface area contributed by atoms with Gasteiger partial charge in [-0.1, -0.05) is 13.8 Å². The zero-order valence-corrected chi connectivity index (χ0v) is 11.1. The molecular formula is C12H16F3NOS. The largest absolute Gasteiger partial charge is 0.443 e. The van der Waals surface area contributed by atoms with Gasteiger partial charge in [-0.25, -0.2) is 4.98 Å². The molecule has 2 rings (SSSR count). The summed E-state index contributed by atoms with van der Waals surface area (Å²) >= 11 is 0.562. The smallest absolute Gasteiger partial charge is 0.384 e. The molecule has 1 aliphatic carbocycles. The van der Waals surface area contributed by atoms with E-state index in [4.69, 9.17) is 0 Å². The molecule has 1 aliphatic rings. The highest BCUT2D eigenvalue weighted by atomic mass is 32.1. The number of halogens is 3. The van der Waals surface area contributed by atoms with E-state index in [0.717, 1.165) is 6.42 Å². The number of nitrogens with zero attached hydrogens (tertiary/aromatic N) is 1. The van der Waals surface area contributed by atoms with Gasteiger partial charge >= 0.3 is 6.18 Å². The Balaban J connectivity index is 2.23. The highest BCUT2D eigenvalue weighted by molar-refractivity contribution is 7.11. The molecular weight excluding hydrogens is 263 g/mol. The summed E-state index contributed by atoms with van der Waals surface area (Å²) in [5.41, 5.74) is -1.13. The van der Waals surface area contributed by atoms with Crippen LogP contribution in [0.25, 0.3) is 0 Å². The van der Waals surface area contributed by atoms with Crippen molar-refractivity contribution in [2.24, 2.45) is 11.8 Å². The summed E-state index contributed by atoms with van der Waals surface area (Å²) in [6, 6.07) is 0. The summed E-state index contributed by atoms with van der Waals surface area (Å²) < 4.78 is 37.5. The van der Waals surface area contributed by atoms with Crippen LogP contribution in [0.5, 0.6) is 0 Å². The molecule has 1 saturated carbocycles. The first-order valence-corrected chi connectivity index (χ1v) is 6.80. The van der Waals surface area contributed by atoms with E-state index in [-0.39, 0.29) is 0 Å². The molecule has 2 nitrogen and oxygen atoms in total. The number of rotatable bonds is 1. The average molecular weight is 279 g/mol. The van der Waals surface area contributed by atoms with Crippen molar-refractivity contribution in [1.29, 1.82) is 0 Å². The third-order valence-electron chi connectivity index (χ3n) is 3.85. The second-order valence-corrected chi connectivity index (χ2v) is 6.29. The maximum atomic E-state index is 12.5. The summed E-state index contributed by atoms with van der Waals surface area (Å²) in [5, 5.41) is 9.64. The summed E-state index contributed by atoms with van der Waals surface area (Å²) in [6.07, 6.45) is -1.40. The lowest BCUT2D eigenvalue weighted by atomic mass is 9.73. The minimum absolute atomic E-state index is 0.306. The quantitative estimate of drug-likeness (QED) is 0.848. The van der Waals surface area contributed by atoms with Crippen molar-refractivity contribution in [3.63, 3.8) is 0 Å². The van der Waals surface area contributed by atoms with Crippen LogP contribution < -0.4 is 0 Å². The lowest BCUT2D eigenvalue weighted by Gasteiger charge is -2.38. The van der Waals surface area contributed by atoms with E-state index in [1.807, 2.05) is 6.92 Å². The molecule has 18 heavy (non-hydrogen) atoms. The first kappa shape index (κ1) is 13.8. The van der Waals surface area contributed by atoms with Crippen molar-refractivity contribution in [3.05, 3.63) is 16.1 Å². The molecule has 0 aliphatic heterocycles. The molecule has 1 heterocycles. The van der Waals surface area contributed by atoms with Crippen LogP contribution in [0.4, 0.5) is 13.2 Å². The fourth-order valence-corrected chi connectivity index (χ4v) is 3.34. The molecule has 102 valence electrons. The highest BCUT2D eigenvalue weighted by Gasteiger charge is 2.41. The summed E-state index contributed by atoms with van der Waals surface area (Å²) in [5.74, 6) is 0.806. The van der Waals surface area contributed by atoms with Gasteiger partial charge < -0.3 is 5.11 Å². The average Bonchev–Trinajstić information content (AvgIpc) is 2.73. The summed E-state index contributed by atoms with van der Waals surface area (Å²) in [7, 11) is 0. The molecule has 0 bridgehead atoms. The number of aromatic nitrogens is 1. The molecule has 0 spiro atoms. The van der Waals surface area contributed by atoms with Crippen molar-refractivity contribution < 1.29 is 18.3 Å². The number of thiazole rings is 1. The standard InChI is InChI=1S/C12H16F3NOS/c1-7-3-4-11(17,5-8(7)2)9-6-16-10(18-9)12(13,14)15/h6-8,17H,3-5H2,1-2H3. The van der Waals surface area contributed by atoms with Crippen LogP contribution in [0.15, 0.2) is 6.20 Å². The van der Waals surface area contributed by atoms with Gasteiger partial charge in [-0.2, -0.15) is 13.2 Å². The predicted molar refractivity (Wildman–Crippen MR) is 63.2 cm³/mol. The predicted octanol–water partition coefficient (Wildman–Crippen LogP) is 3.81. The van der Waals surface area contributed by atoms with Gasteiger partial charge in [0.25, 0.3) is 0 Å². The number of alkyl halides is 3. The van der Waals surface area contributed by atoms with Gasteiger partial charge in [-0.3, -0.25) is 0 Å². The van der Waals surface area contributed by atoms with Crippen LogP contribution in [0, 0.1) is 11.8 Å². The van der Waals surface area contributed by atoms with Crippen LogP contribution >= 0.6 is 11.3 Å². The maximum absolute atomic E-state index is 12.5. The summed E-state index contributed by atoms with van der Waals surface area (Å²) in [4.78, 5) is 3.73. The monoisotopic (exact) mass is 279 g/mol. The van der Waals surface area contributed by atoms with Crippen molar-refractivity contribution in [3.8, 4) is 0 Å². The highest BCUT2D eigenvalue weighted by Crippen LogP contribution is 2.45. The molecule has 0 radical (unpaired) electrons. The molecule has 0 aromatic carbocycles. The van der Waals surface area contributed by atoms with Gasteiger partial charge in [-0.15, -0.1) is 11.3 Å². The molecule has 1 fully saturated rings. The molecule has 0 amide bonds. The van der Waals surface area contributed by atoms with Crippen molar-refractivity contribution in [1.82, 2.24) is 4.98 Å². The second kappa shape index (κ2) is 4.49. The van der Waals surface area contributed by atoms with E-state index >= 15 is 0 Å². The van der Waals surface area contributed by atoms with Crippen molar-refractivity contribution in [2.75, 3.05) is 0 Å². The van der Waals surface area contributed by atoms with Gasteiger partial charge in [0.1, 0.15) is 5.60 Å². The van der Waals surface area contributed by atoms with Gasteiger partial charge in [0, 0.05) is 6.20 Å². The van der Waals surface area contributed by atoms with Gasteiger partial charge in [0.2, 0.25) is 0 Å². The molecule has 1 N–H and O–H groups in total. The van der Waals surface area contributed by atoms with Gasteiger partial charge in [0.05, 0.1) is 4.88 Å². The zero-order chi connectivity index (χ0) is 13.6. The maximum Gasteiger partial charge on any atom is 0.443 e. The number of hydrogen-bond acceptors (Lipinski definition) is 3. The van der Waals surface area contributed by atoms with Crippen molar-refractivity contribution in [2.45, 2.75) is 44.9 Å². The van der Waals surface area contributed by atoms with Crippen LogP contribution in [0.3, 0.4) is 0 Å². The minimum atomic E-state index is -4.42. The lowest BCUT2D eigenvalue weighted by molar-refractivity contribution is -0.137. The molecule has 1 aromatic rings. The second-order valence-electron chi connectivity index (χ2n) is 5.26. The molecule has 6 heteroatoms. The first-order chi connectivity index (χ1) is 8.22. The van der Waals surface area contributed by atoms with E-state index in [9.17, 15) is 18.3 Å². The first-order valence-electron chi connectivity index (χ1n) is 5.98. The van der Waals surface area contributed by atoms with Crippen LogP contribution in [-0.4, -0.2) is 10.1 Å². The van der Waals surface area contributed by atoms with Crippen LogP contribution in [0.1, 0.15) is 43.0 Å². The topological polar surface area (TPSA) is 33.1 Å². The van der Waals surface area contributed by atoms with Crippen LogP contribution in [-0.2, 0) is 11.8 Å². The minimum Gasteiger partial charge on any atom is -0.384 e. The Morgan fingerprint density at radius 3 is 2.56 bits per heavy atom. The Morgan fingerprint density at radius 1 is 1.39 bits per heavy atom. The van der Waals surface area contributed by atoms with E-state index < -0.39 is 16.8 Å². The Bertz CT molecular complexity index is 431. The number of aliphatic hydroxyl groups is 1. The third-order valence-corrected chi connectivity index (χ3v) is 5.09. The normalized spacial score (nSPS) is 33.7. The molecule has 0 saturated heterocycles. The van der Waals surface area contributed by atoms with Crippen LogP contribution in [0.2, 0.25) is 0 Å². The lowest BCUT2D eigenvalue weighted by Crippen LogP contribution is -2.34. The molecule has 3 unspecified atom stereocenters. The van der Waals surface area contributed by atoms with E-state index in [1.54, 1.807) is 0 Å². The summed E-state index contributed by atoms with van der Waals surface area (Å²) in [6.45, 7) is 4.14. The Kier molecular flexibility index (Phi) is 3.44. The third kappa shape index (κ3) is 2.54. The number of hydrogen-bond donors (Lipinski definition) is 1.